The molecule has 5 nitrogen and oxygen atoms in total. The molecular weight excluding hydrogens is 273 g/mol. The zero-order chi connectivity index (χ0) is 15.0. The molecule has 1 spiro atoms. The van der Waals surface area contributed by atoms with Crippen LogP contribution >= 0.6 is 0 Å². The Balaban J connectivity index is 1.80. The van der Waals surface area contributed by atoms with Gasteiger partial charge in [-0.25, -0.2) is 9.18 Å². The van der Waals surface area contributed by atoms with Crippen molar-refractivity contribution in [1.29, 1.82) is 0 Å². The molecule has 0 unspecified atom stereocenters. The predicted molar refractivity (Wildman–Crippen MR) is 75.7 cm³/mol. The average molecular weight is 291 g/mol. The number of amides is 3. The highest BCUT2D eigenvalue weighted by Gasteiger charge is 2.51. The second kappa shape index (κ2) is 5.02. The van der Waals surface area contributed by atoms with Gasteiger partial charge >= 0.3 is 6.03 Å². The van der Waals surface area contributed by atoms with Crippen molar-refractivity contribution in [3.63, 3.8) is 0 Å². The van der Waals surface area contributed by atoms with Gasteiger partial charge in [0.25, 0.3) is 5.91 Å². The molecule has 0 bridgehead atoms. The summed E-state index contributed by atoms with van der Waals surface area (Å²) < 4.78 is 13.5. The van der Waals surface area contributed by atoms with Crippen LogP contribution in [0.4, 0.5) is 14.9 Å². The van der Waals surface area contributed by atoms with E-state index < -0.39 is 11.4 Å². The van der Waals surface area contributed by atoms with Gasteiger partial charge in [-0.2, -0.15) is 0 Å². The van der Waals surface area contributed by atoms with Gasteiger partial charge in [0.1, 0.15) is 11.4 Å². The van der Waals surface area contributed by atoms with Crippen LogP contribution in [0.1, 0.15) is 37.7 Å². The van der Waals surface area contributed by atoms with Gasteiger partial charge in [0, 0.05) is 0 Å². The predicted octanol–water partition coefficient (Wildman–Crippen LogP) is 2.16. The fourth-order valence-electron chi connectivity index (χ4n) is 3.17. The van der Waals surface area contributed by atoms with E-state index in [1.165, 1.54) is 17.0 Å². The molecule has 1 saturated carbocycles. The summed E-state index contributed by atoms with van der Waals surface area (Å²) in [5.41, 5.74) is 5.30. The van der Waals surface area contributed by atoms with Crippen molar-refractivity contribution in [3.8, 4) is 0 Å². The largest absolute Gasteiger partial charge is 0.396 e. The van der Waals surface area contributed by atoms with E-state index in [1.54, 1.807) is 6.07 Å². The SMILES string of the molecule is Nc1ccc(CN2C(=O)NC3(CCCCC3)C2=O)cc1F. The molecule has 3 amide bonds. The van der Waals surface area contributed by atoms with E-state index in [0.29, 0.717) is 18.4 Å². The van der Waals surface area contributed by atoms with Crippen LogP contribution in [0.5, 0.6) is 0 Å². The Morgan fingerprint density at radius 1 is 1.24 bits per heavy atom. The zero-order valence-electron chi connectivity index (χ0n) is 11.7. The van der Waals surface area contributed by atoms with Gasteiger partial charge in [-0.05, 0) is 30.5 Å². The van der Waals surface area contributed by atoms with Crippen molar-refractivity contribution in [2.24, 2.45) is 0 Å². The molecule has 112 valence electrons. The number of nitrogen functional groups attached to an aromatic ring is 1. The third-order valence-corrected chi connectivity index (χ3v) is 4.36. The number of halogens is 1. The van der Waals surface area contributed by atoms with Crippen molar-refractivity contribution >= 4 is 17.6 Å². The van der Waals surface area contributed by atoms with E-state index in [2.05, 4.69) is 5.32 Å². The van der Waals surface area contributed by atoms with Crippen LogP contribution in [-0.2, 0) is 11.3 Å². The van der Waals surface area contributed by atoms with E-state index in [4.69, 9.17) is 5.73 Å². The topological polar surface area (TPSA) is 75.4 Å². The van der Waals surface area contributed by atoms with Crippen LogP contribution in [0.15, 0.2) is 18.2 Å². The lowest BCUT2D eigenvalue weighted by Crippen LogP contribution is -2.48. The molecule has 1 heterocycles. The van der Waals surface area contributed by atoms with E-state index in [0.717, 1.165) is 19.3 Å². The van der Waals surface area contributed by atoms with E-state index in [9.17, 15) is 14.0 Å². The second-order valence-corrected chi connectivity index (χ2v) is 5.82. The summed E-state index contributed by atoms with van der Waals surface area (Å²) in [5.74, 6) is -0.726. The molecule has 1 aromatic carbocycles. The number of rotatable bonds is 2. The Labute approximate surface area is 122 Å². The van der Waals surface area contributed by atoms with Gasteiger partial charge in [0.2, 0.25) is 0 Å². The third kappa shape index (κ3) is 2.34. The van der Waals surface area contributed by atoms with E-state index >= 15 is 0 Å². The molecule has 21 heavy (non-hydrogen) atoms. The monoisotopic (exact) mass is 291 g/mol. The average Bonchev–Trinajstić information content (AvgIpc) is 2.68. The molecule has 1 aromatic rings. The van der Waals surface area contributed by atoms with Crippen LogP contribution in [0.3, 0.4) is 0 Å². The van der Waals surface area contributed by atoms with Crippen LogP contribution in [0.25, 0.3) is 0 Å². The molecular formula is C15H18FN3O2. The lowest BCUT2D eigenvalue weighted by Gasteiger charge is -2.30. The molecule has 3 rings (SSSR count). The van der Waals surface area contributed by atoms with Gasteiger partial charge in [0.05, 0.1) is 12.2 Å². The maximum atomic E-state index is 13.5. The maximum absolute atomic E-state index is 13.5. The number of hydrogen-bond donors (Lipinski definition) is 2. The minimum atomic E-state index is -0.734. The molecule has 1 aliphatic carbocycles. The van der Waals surface area contributed by atoms with Crippen LogP contribution in [-0.4, -0.2) is 22.4 Å². The van der Waals surface area contributed by atoms with Crippen LogP contribution in [0.2, 0.25) is 0 Å². The molecule has 1 saturated heterocycles. The summed E-state index contributed by atoms with van der Waals surface area (Å²) in [6.07, 6.45) is 4.34. The van der Waals surface area contributed by atoms with Crippen LogP contribution in [0, 0.1) is 5.82 Å². The van der Waals surface area contributed by atoms with Crippen molar-refractivity contribution in [1.82, 2.24) is 10.2 Å². The second-order valence-electron chi connectivity index (χ2n) is 5.82. The first-order valence-corrected chi connectivity index (χ1v) is 7.20. The van der Waals surface area contributed by atoms with Gasteiger partial charge in [-0.3, -0.25) is 9.69 Å². The Kier molecular flexibility index (Phi) is 3.31. The molecule has 2 fully saturated rings. The minimum Gasteiger partial charge on any atom is -0.396 e. The van der Waals surface area contributed by atoms with Crippen molar-refractivity contribution in [2.75, 3.05) is 5.73 Å². The summed E-state index contributed by atoms with van der Waals surface area (Å²) in [4.78, 5) is 25.8. The normalized spacial score (nSPS) is 20.9. The highest BCUT2D eigenvalue weighted by atomic mass is 19.1. The fraction of sp³-hybridized carbons (Fsp3) is 0.467. The van der Waals surface area contributed by atoms with E-state index in [-0.39, 0.29) is 24.2 Å². The molecule has 3 N–H and O–H groups in total. The third-order valence-electron chi connectivity index (χ3n) is 4.36. The maximum Gasteiger partial charge on any atom is 0.325 e. The molecule has 2 aliphatic rings. The van der Waals surface area contributed by atoms with Gasteiger partial charge in [-0.1, -0.05) is 25.3 Å². The summed E-state index contributed by atoms with van der Waals surface area (Å²) in [6.45, 7) is 0.0730. The standard InChI is InChI=1S/C15H18FN3O2/c16-11-8-10(4-5-12(11)17)9-19-13(20)15(18-14(19)21)6-2-1-3-7-15/h4-5,8H,1-3,6-7,9,17H2,(H,18,21). The zero-order valence-corrected chi connectivity index (χ0v) is 11.7. The lowest BCUT2D eigenvalue weighted by atomic mass is 9.82. The minimum absolute atomic E-state index is 0.0553. The highest BCUT2D eigenvalue weighted by molar-refractivity contribution is 6.07. The number of nitrogens with two attached hydrogens (primary N) is 1. The number of anilines is 1. The van der Waals surface area contributed by atoms with Gasteiger partial charge in [-0.15, -0.1) is 0 Å². The quantitative estimate of drug-likeness (QED) is 0.647. The Morgan fingerprint density at radius 3 is 2.62 bits per heavy atom. The number of imide groups is 1. The van der Waals surface area contributed by atoms with Crippen molar-refractivity contribution in [3.05, 3.63) is 29.6 Å². The number of nitrogens with zero attached hydrogens (tertiary/aromatic N) is 1. The Bertz CT molecular complexity index is 597. The lowest BCUT2D eigenvalue weighted by molar-refractivity contribution is -0.132. The van der Waals surface area contributed by atoms with Crippen molar-refractivity contribution in [2.45, 2.75) is 44.2 Å². The number of hydrogen-bond acceptors (Lipinski definition) is 3. The first-order chi connectivity index (χ1) is 10.0. The smallest absolute Gasteiger partial charge is 0.325 e. The molecule has 0 aromatic heterocycles. The molecule has 1 aliphatic heterocycles. The number of urea groups is 1. The summed E-state index contributed by atoms with van der Waals surface area (Å²) in [5, 5.41) is 2.83. The van der Waals surface area contributed by atoms with E-state index in [1.807, 2.05) is 0 Å². The summed E-state index contributed by atoms with van der Waals surface area (Å²) in [6, 6.07) is 3.95. The summed E-state index contributed by atoms with van der Waals surface area (Å²) in [7, 11) is 0. The number of nitrogens with one attached hydrogen (secondary N) is 1. The fourth-order valence-corrected chi connectivity index (χ4v) is 3.17. The Hall–Kier alpha value is -2.11. The molecule has 0 radical (unpaired) electrons. The number of benzene rings is 1. The first kappa shape index (κ1) is 13.9. The summed E-state index contributed by atoms with van der Waals surface area (Å²) >= 11 is 0. The first-order valence-electron chi connectivity index (χ1n) is 7.20. The molecule has 0 atom stereocenters. The highest BCUT2D eigenvalue weighted by Crippen LogP contribution is 2.34. The van der Waals surface area contributed by atoms with Crippen LogP contribution < -0.4 is 11.1 Å². The van der Waals surface area contributed by atoms with Gasteiger partial charge < -0.3 is 11.1 Å². The number of carbonyl (C=O) groups is 2. The van der Waals surface area contributed by atoms with Crippen molar-refractivity contribution < 1.29 is 14.0 Å². The molecule has 6 heteroatoms. The number of carbonyl (C=O) groups excluding carboxylic acids is 2. The Morgan fingerprint density at radius 2 is 1.95 bits per heavy atom. The van der Waals surface area contributed by atoms with Gasteiger partial charge in [0.15, 0.2) is 0 Å².